The molecule has 0 fully saturated rings. The van der Waals surface area contributed by atoms with Gasteiger partial charge in [-0.3, -0.25) is 4.79 Å². The van der Waals surface area contributed by atoms with E-state index < -0.39 is 5.82 Å². The summed E-state index contributed by atoms with van der Waals surface area (Å²) in [6.45, 7) is 1.69. The lowest BCUT2D eigenvalue weighted by Crippen LogP contribution is -2.12. The first kappa shape index (κ1) is 11.7. The number of nitrogens with zero attached hydrogens (tertiary/aromatic N) is 1. The molecule has 1 aromatic rings. The van der Waals surface area contributed by atoms with Gasteiger partial charge >= 0.3 is 0 Å². The Bertz CT molecular complexity index is 388. The molecule has 1 rings (SSSR count). The Labute approximate surface area is 88.1 Å². The minimum atomic E-state index is -0.505. The Morgan fingerprint density at radius 1 is 1.47 bits per heavy atom. The SMILES string of the molecule is CC(=O)c1cc(F)cc(CN(C)C)c1O. The molecule has 0 amide bonds. The van der Waals surface area contributed by atoms with E-state index in [0.717, 1.165) is 6.07 Å². The summed E-state index contributed by atoms with van der Waals surface area (Å²) in [5.74, 6) is -0.973. The summed E-state index contributed by atoms with van der Waals surface area (Å²) < 4.78 is 13.1. The number of ketones is 1. The van der Waals surface area contributed by atoms with E-state index in [1.165, 1.54) is 13.0 Å². The second-order valence-corrected chi connectivity index (χ2v) is 3.76. The summed E-state index contributed by atoms with van der Waals surface area (Å²) in [5, 5.41) is 9.72. The first-order valence-corrected chi connectivity index (χ1v) is 4.59. The van der Waals surface area contributed by atoms with Crippen LogP contribution in [-0.2, 0) is 6.54 Å². The number of hydrogen-bond donors (Lipinski definition) is 1. The van der Waals surface area contributed by atoms with Gasteiger partial charge in [-0.25, -0.2) is 4.39 Å². The monoisotopic (exact) mass is 211 g/mol. The highest BCUT2D eigenvalue weighted by atomic mass is 19.1. The highest BCUT2D eigenvalue weighted by Crippen LogP contribution is 2.25. The number of phenolic OH excluding ortho intramolecular Hbond substituents is 1. The van der Waals surface area contributed by atoms with E-state index in [0.29, 0.717) is 12.1 Å². The Balaban J connectivity index is 3.22. The summed E-state index contributed by atoms with van der Waals surface area (Å²) in [6.07, 6.45) is 0. The molecule has 0 aliphatic rings. The van der Waals surface area contributed by atoms with Crippen LogP contribution in [0.15, 0.2) is 12.1 Å². The molecule has 0 spiro atoms. The van der Waals surface area contributed by atoms with E-state index in [2.05, 4.69) is 0 Å². The van der Waals surface area contributed by atoms with Gasteiger partial charge in [0.1, 0.15) is 11.6 Å². The van der Waals surface area contributed by atoms with Crippen molar-refractivity contribution >= 4 is 5.78 Å². The molecule has 0 bridgehead atoms. The third-order valence-electron chi connectivity index (χ3n) is 2.02. The lowest BCUT2D eigenvalue weighted by molar-refractivity contribution is 0.101. The Hall–Kier alpha value is -1.42. The van der Waals surface area contributed by atoms with Crippen molar-refractivity contribution in [2.45, 2.75) is 13.5 Å². The smallest absolute Gasteiger partial charge is 0.163 e. The van der Waals surface area contributed by atoms with Crippen LogP contribution < -0.4 is 0 Å². The second kappa shape index (κ2) is 4.40. The van der Waals surface area contributed by atoms with Gasteiger partial charge < -0.3 is 10.0 Å². The van der Waals surface area contributed by atoms with Crippen molar-refractivity contribution < 1.29 is 14.3 Å². The zero-order valence-corrected chi connectivity index (χ0v) is 9.04. The second-order valence-electron chi connectivity index (χ2n) is 3.76. The number of Topliss-reactive ketones (excluding diaryl/α,β-unsaturated/α-hetero) is 1. The van der Waals surface area contributed by atoms with Crippen molar-refractivity contribution in [1.82, 2.24) is 4.90 Å². The molecule has 1 aromatic carbocycles. The number of benzene rings is 1. The highest BCUT2D eigenvalue weighted by Gasteiger charge is 2.13. The number of carbonyl (C=O) groups is 1. The van der Waals surface area contributed by atoms with Gasteiger partial charge in [-0.15, -0.1) is 0 Å². The van der Waals surface area contributed by atoms with Crippen molar-refractivity contribution in [3.63, 3.8) is 0 Å². The number of carbonyl (C=O) groups excluding carboxylic acids is 1. The van der Waals surface area contributed by atoms with Crippen molar-refractivity contribution in [2.24, 2.45) is 0 Å². The number of hydrogen-bond acceptors (Lipinski definition) is 3. The zero-order chi connectivity index (χ0) is 11.6. The van der Waals surface area contributed by atoms with Gasteiger partial charge in [-0.1, -0.05) is 0 Å². The third kappa shape index (κ3) is 2.76. The molecule has 0 radical (unpaired) electrons. The molecular formula is C11H14FNO2. The summed E-state index contributed by atoms with van der Waals surface area (Å²) in [7, 11) is 3.61. The van der Waals surface area contributed by atoms with Gasteiger partial charge in [0.25, 0.3) is 0 Å². The largest absolute Gasteiger partial charge is 0.507 e. The molecule has 4 heteroatoms. The summed E-state index contributed by atoms with van der Waals surface area (Å²) in [4.78, 5) is 12.9. The van der Waals surface area contributed by atoms with Crippen LogP contribution in [0.4, 0.5) is 4.39 Å². The van der Waals surface area contributed by atoms with Crippen LogP contribution >= 0.6 is 0 Å². The van der Waals surface area contributed by atoms with Crippen LogP contribution in [0.5, 0.6) is 5.75 Å². The first-order chi connectivity index (χ1) is 6.91. The van der Waals surface area contributed by atoms with Gasteiger partial charge in [0.15, 0.2) is 5.78 Å². The van der Waals surface area contributed by atoms with Gasteiger partial charge in [0.05, 0.1) is 5.56 Å². The van der Waals surface area contributed by atoms with Crippen molar-refractivity contribution in [3.05, 3.63) is 29.1 Å². The average Bonchev–Trinajstić information content (AvgIpc) is 2.09. The predicted molar refractivity (Wildman–Crippen MR) is 55.5 cm³/mol. The standard InChI is InChI=1S/C11H14FNO2/c1-7(14)10-5-9(12)4-8(11(10)15)6-13(2)3/h4-5,15H,6H2,1-3H3. The zero-order valence-electron chi connectivity index (χ0n) is 9.04. The topological polar surface area (TPSA) is 40.5 Å². The van der Waals surface area contributed by atoms with Crippen LogP contribution in [0.25, 0.3) is 0 Å². The fourth-order valence-electron chi connectivity index (χ4n) is 1.39. The number of phenols is 1. The van der Waals surface area contributed by atoms with Crippen LogP contribution in [-0.4, -0.2) is 29.9 Å². The molecule has 15 heavy (non-hydrogen) atoms. The van der Waals surface area contributed by atoms with E-state index in [1.54, 1.807) is 19.0 Å². The van der Waals surface area contributed by atoms with E-state index >= 15 is 0 Å². The van der Waals surface area contributed by atoms with Gasteiger partial charge in [-0.05, 0) is 33.2 Å². The summed E-state index contributed by atoms with van der Waals surface area (Å²) >= 11 is 0. The third-order valence-corrected chi connectivity index (χ3v) is 2.02. The molecule has 0 aromatic heterocycles. The Kier molecular flexibility index (Phi) is 3.42. The predicted octanol–water partition coefficient (Wildman–Crippen LogP) is 1.80. The van der Waals surface area contributed by atoms with E-state index in [-0.39, 0.29) is 17.1 Å². The van der Waals surface area contributed by atoms with E-state index in [4.69, 9.17) is 0 Å². The normalized spacial score (nSPS) is 10.7. The molecular weight excluding hydrogens is 197 g/mol. The Morgan fingerprint density at radius 2 is 2.07 bits per heavy atom. The number of aromatic hydroxyl groups is 1. The highest BCUT2D eigenvalue weighted by molar-refractivity contribution is 5.97. The molecule has 3 nitrogen and oxygen atoms in total. The maximum Gasteiger partial charge on any atom is 0.163 e. The minimum Gasteiger partial charge on any atom is -0.507 e. The van der Waals surface area contributed by atoms with Crippen molar-refractivity contribution in [2.75, 3.05) is 14.1 Å². The maximum atomic E-state index is 13.1. The lowest BCUT2D eigenvalue weighted by Gasteiger charge is -2.13. The van der Waals surface area contributed by atoms with Crippen molar-refractivity contribution in [1.29, 1.82) is 0 Å². The first-order valence-electron chi connectivity index (χ1n) is 4.59. The minimum absolute atomic E-state index is 0.0341. The molecule has 82 valence electrons. The van der Waals surface area contributed by atoms with E-state index in [9.17, 15) is 14.3 Å². The number of rotatable bonds is 3. The van der Waals surface area contributed by atoms with Crippen LogP contribution in [0.2, 0.25) is 0 Å². The van der Waals surface area contributed by atoms with Crippen LogP contribution in [0.1, 0.15) is 22.8 Å². The van der Waals surface area contributed by atoms with Crippen molar-refractivity contribution in [3.8, 4) is 5.75 Å². The molecule has 0 atom stereocenters. The molecule has 1 N–H and O–H groups in total. The maximum absolute atomic E-state index is 13.1. The average molecular weight is 211 g/mol. The lowest BCUT2D eigenvalue weighted by atomic mass is 10.1. The Morgan fingerprint density at radius 3 is 2.53 bits per heavy atom. The molecule has 0 aliphatic heterocycles. The fourth-order valence-corrected chi connectivity index (χ4v) is 1.39. The fraction of sp³-hybridized carbons (Fsp3) is 0.364. The molecule has 0 saturated heterocycles. The van der Waals surface area contributed by atoms with Crippen LogP contribution in [0.3, 0.4) is 0 Å². The van der Waals surface area contributed by atoms with Gasteiger partial charge in [0.2, 0.25) is 0 Å². The molecule has 0 unspecified atom stereocenters. The molecule has 0 heterocycles. The van der Waals surface area contributed by atoms with E-state index in [1.807, 2.05) is 0 Å². The molecule has 0 saturated carbocycles. The number of halogens is 1. The summed E-state index contributed by atoms with van der Waals surface area (Å²) in [6, 6.07) is 2.29. The van der Waals surface area contributed by atoms with Crippen LogP contribution in [0, 0.1) is 5.82 Å². The quantitative estimate of drug-likeness (QED) is 0.775. The summed E-state index contributed by atoms with van der Waals surface area (Å²) in [5.41, 5.74) is 0.456. The van der Waals surface area contributed by atoms with Gasteiger partial charge in [-0.2, -0.15) is 0 Å². The van der Waals surface area contributed by atoms with Gasteiger partial charge in [0, 0.05) is 12.1 Å². The molecule has 0 aliphatic carbocycles.